The fourth-order valence-electron chi connectivity index (χ4n) is 1.73. The summed E-state index contributed by atoms with van der Waals surface area (Å²) in [5.41, 5.74) is 5.23. The first kappa shape index (κ1) is 14.4. The van der Waals surface area contributed by atoms with Crippen LogP contribution in [0.1, 0.15) is 58.3 Å². The van der Waals surface area contributed by atoms with E-state index in [0.29, 0.717) is 0 Å². The molecule has 0 aromatic rings. The SMILES string of the molecule is CCCCCCCCCC(NC)C(N)=O. The van der Waals surface area contributed by atoms with Gasteiger partial charge in [0.15, 0.2) is 0 Å². The molecule has 0 aliphatic rings. The summed E-state index contributed by atoms with van der Waals surface area (Å²) in [5.74, 6) is -0.233. The zero-order valence-electron chi connectivity index (χ0n) is 10.2. The standard InChI is InChI=1S/C12H26N2O/c1-3-4-5-6-7-8-9-10-11(14-2)12(13)15/h11,14H,3-10H2,1-2H3,(H2,13,15). The predicted molar refractivity (Wildman–Crippen MR) is 64.7 cm³/mol. The van der Waals surface area contributed by atoms with Crippen LogP contribution in [0, 0.1) is 0 Å². The van der Waals surface area contributed by atoms with Crippen molar-refractivity contribution >= 4 is 5.91 Å². The summed E-state index contributed by atoms with van der Waals surface area (Å²) >= 11 is 0. The first-order valence-corrected chi connectivity index (χ1v) is 6.19. The average Bonchev–Trinajstić information content (AvgIpc) is 2.21. The van der Waals surface area contributed by atoms with Crippen LogP contribution >= 0.6 is 0 Å². The van der Waals surface area contributed by atoms with Gasteiger partial charge in [0.2, 0.25) is 5.91 Å². The monoisotopic (exact) mass is 214 g/mol. The van der Waals surface area contributed by atoms with Crippen LogP contribution in [0.15, 0.2) is 0 Å². The molecule has 1 amide bonds. The number of nitrogens with one attached hydrogen (secondary N) is 1. The number of hydrogen-bond donors (Lipinski definition) is 2. The molecule has 3 heteroatoms. The van der Waals surface area contributed by atoms with Crippen molar-refractivity contribution in [3.05, 3.63) is 0 Å². The van der Waals surface area contributed by atoms with Gasteiger partial charge >= 0.3 is 0 Å². The summed E-state index contributed by atoms with van der Waals surface area (Å²) in [6.07, 6.45) is 9.80. The summed E-state index contributed by atoms with van der Waals surface area (Å²) in [7, 11) is 1.79. The number of likely N-dealkylation sites (N-methyl/N-ethyl adjacent to an activating group) is 1. The Hall–Kier alpha value is -0.570. The Kier molecular flexibility index (Phi) is 9.59. The van der Waals surface area contributed by atoms with Gasteiger partial charge in [0, 0.05) is 0 Å². The second kappa shape index (κ2) is 9.97. The Balaban J connectivity index is 3.25. The minimum Gasteiger partial charge on any atom is -0.368 e. The lowest BCUT2D eigenvalue weighted by Gasteiger charge is -2.11. The molecule has 0 rings (SSSR count). The largest absolute Gasteiger partial charge is 0.368 e. The van der Waals surface area contributed by atoms with Crippen molar-refractivity contribution in [1.82, 2.24) is 5.32 Å². The number of hydrogen-bond acceptors (Lipinski definition) is 2. The third-order valence-electron chi connectivity index (χ3n) is 2.79. The van der Waals surface area contributed by atoms with Crippen LogP contribution in [-0.2, 0) is 4.79 Å². The highest BCUT2D eigenvalue weighted by molar-refractivity contribution is 5.79. The first-order chi connectivity index (χ1) is 7.22. The number of carbonyl (C=O) groups is 1. The second-order valence-corrected chi connectivity index (χ2v) is 4.15. The molecule has 0 saturated heterocycles. The lowest BCUT2D eigenvalue weighted by atomic mass is 10.0. The van der Waals surface area contributed by atoms with E-state index in [9.17, 15) is 4.79 Å². The van der Waals surface area contributed by atoms with Crippen LogP contribution in [0.4, 0.5) is 0 Å². The number of amides is 1. The van der Waals surface area contributed by atoms with Crippen molar-refractivity contribution < 1.29 is 4.79 Å². The van der Waals surface area contributed by atoms with E-state index in [1.54, 1.807) is 7.05 Å². The van der Waals surface area contributed by atoms with Crippen LogP contribution < -0.4 is 11.1 Å². The second-order valence-electron chi connectivity index (χ2n) is 4.15. The maximum absolute atomic E-state index is 10.9. The summed E-state index contributed by atoms with van der Waals surface area (Å²) in [6, 6.07) is -0.138. The molecule has 0 radical (unpaired) electrons. The maximum Gasteiger partial charge on any atom is 0.234 e. The highest BCUT2D eigenvalue weighted by Crippen LogP contribution is 2.09. The van der Waals surface area contributed by atoms with Crippen molar-refractivity contribution in [3.63, 3.8) is 0 Å². The molecule has 3 nitrogen and oxygen atoms in total. The van der Waals surface area contributed by atoms with E-state index in [-0.39, 0.29) is 11.9 Å². The lowest BCUT2D eigenvalue weighted by Crippen LogP contribution is -2.38. The van der Waals surface area contributed by atoms with Crippen LogP contribution in [0.3, 0.4) is 0 Å². The molecular weight excluding hydrogens is 188 g/mol. The molecule has 90 valence electrons. The van der Waals surface area contributed by atoms with Gasteiger partial charge in [-0.2, -0.15) is 0 Å². The zero-order chi connectivity index (χ0) is 11.5. The molecule has 0 aromatic carbocycles. The van der Waals surface area contributed by atoms with E-state index in [4.69, 9.17) is 5.73 Å². The van der Waals surface area contributed by atoms with Crippen molar-refractivity contribution in [2.45, 2.75) is 64.3 Å². The Morgan fingerprint density at radius 3 is 2.13 bits per heavy atom. The minimum absolute atomic E-state index is 0.138. The molecule has 0 aliphatic carbocycles. The molecule has 1 atom stereocenters. The summed E-state index contributed by atoms with van der Waals surface area (Å²) in [4.78, 5) is 10.9. The minimum atomic E-state index is -0.233. The number of carbonyl (C=O) groups excluding carboxylic acids is 1. The van der Waals surface area contributed by atoms with Gasteiger partial charge in [-0.05, 0) is 13.5 Å². The Morgan fingerprint density at radius 1 is 1.13 bits per heavy atom. The van der Waals surface area contributed by atoms with Gasteiger partial charge in [0.1, 0.15) is 0 Å². The Morgan fingerprint density at radius 2 is 1.67 bits per heavy atom. The molecule has 0 aliphatic heterocycles. The van der Waals surface area contributed by atoms with Gasteiger partial charge in [-0.1, -0.05) is 51.9 Å². The molecule has 0 aromatic heterocycles. The van der Waals surface area contributed by atoms with Gasteiger partial charge in [0.25, 0.3) is 0 Å². The topological polar surface area (TPSA) is 55.1 Å². The van der Waals surface area contributed by atoms with Gasteiger partial charge in [0.05, 0.1) is 6.04 Å². The number of rotatable bonds is 10. The van der Waals surface area contributed by atoms with Crippen LogP contribution in [0.25, 0.3) is 0 Å². The van der Waals surface area contributed by atoms with Crippen LogP contribution in [0.2, 0.25) is 0 Å². The maximum atomic E-state index is 10.9. The van der Waals surface area contributed by atoms with E-state index in [1.165, 1.54) is 38.5 Å². The lowest BCUT2D eigenvalue weighted by molar-refractivity contribution is -0.120. The molecule has 0 saturated carbocycles. The van der Waals surface area contributed by atoms with Crippen molar-refractivity contribution in [2.75, 3.05) is 7.05 Å². The molecule has 0 spiro atoms. The molecule has 15 heavy (non-hydrogen) atoms. The predicted octanol–water partition coefficient (Wildman–Crippen LogP) is 2.20. The Bertz CT molecular complexity index is 160. The quantitative estimate of drug-likeness (QED) is 0.548. The Labute approximate surface area is 93.8 Å². The fraction of sp³-hybridized carbons (Fsp3) is 0.917. The number of nitrogens with two attached hydrogens (primary N) is 1. The number of unbranched alkanes of at least 4 members (excludes halogenated alkanes) is 6. The molecular formula is C12H26N2O. The fourth-order valence-corrected chi connectivity index (χ4v) is 1.73. The third kappa shape index (κ3) is 8.43. The van der Waals surface area contributed by atoms with Crippen molar-refractivity contribution in [2.24, 2.45) is 5.73 Å². The summed E-state index contributed by atoms with van der Waals surface area (Å²) < 4.78 is 0. The van der Waals surface area contributed by atoms with Crippen molar-refractivity contribution in [1.29, 1.82) is 0 Å². The highest BCUT2D eigenvalue weighted by Gasteiger charge is 2.10. The third-order valence-corrected chi connectivity index (χ3v) is 2.79. The molecule has 0 bridgehead atoms. The molecule has 0 heterocycles. The van der Waals surface area contributed by atoms with Gasteiger partial charge in [-0.3, -0.25) is 4.79 Å². The van der Waals surface area contributed by atoms with E-state index >= 15 is 0 Å². The van der Waals surface area contributed by atoms with Gasteiger partial charge in [-0.15, -0.1) is 0 Å². The smallest absolute Gasteiger partial charge is 0.234 e. The van der Waals surface area contributed by atoms with Gasteiger partial charge in [-0.25, -0.2) is 0 Å². The average molecular weight is 214 g/mol. The van der Waals surface area contributed by atoms with Crippen LogP contribution in [0.5, 0.6) is 0 Å². The molecule has 3 N–H and O–H groups in total. The zero-order valence-corrected chi connectivity index (χ0v) is 10.2. The van der Waals surface area contributed by atoms with Crippen molar-refractivity contribution in [3.8, 4) is 0 Å². The van der Waals surface area contributed by atoms with E-state index < -0.39 is 0 Å². The normalized spacial score (nSPS) is 12.7. The van der Waals surface area contributed by atoms with E-state index in [0.717, 1.165) is 12.8 Å². The first-order valence-electron chi connectivity index (χ1n) is 6.19. The number of primary amides is 1. The van der Waals surface area contributed by atoms with E-state index in [2.05, 4.69) is 12.2 Å². The van der Waals surface area contributed by atoms with Crippen LogP contribution in [-0.4, -0.2) is 19.0 Å². The molecule has 1 unspecified atom stereocenters. The summed E-state index contributed by atoms with van der Waals surface area (Å²) in [6.45, 7) is 2.23. The summed E-state index contributed by atoms with van der Waals surface area (Å²) in [5, 5.41) is 2.94. The highest BCUT2D eigenvalue weighted by atomic mass is 16.1. The van der Waals surface area contributed by atoms with Gasteiger partial charge < -0.3 is 11.1 Å². The molecule has 0 fully saturated rings. The van der Waals surface area contributed by atoms with E-state index in [1.807, 2.05) is 0 Å².